The monoisotopic (exact) mass is 280 g/mol. The molecule has 1 aromatic carbocycles. The molecule has 0 aromatic heterocycles. The largest absolute Gasteiger partial charge is 0.420 e. The first-order valence-electron chi connectivity index (χ1n) is 7.00. The third-order valence-corrected chi connectivity index (χ3v) is 4.07. The fourth-order valence-electron chi connectivity index (χ4n) is 2.39. The Labute approximate surface area is 117 Å². The Morgan fingerprint density at radius 1 is 1.16 bits per heavy atom. The summed E-state index contributed by atoms with van der Waals surface area (Å²) < 4.78 is 17.8. The van der Waals surface area contributed by atoms with Crippen molar-refractivity contribution in [2.75, 3.05) is 6.61 Å². The topological polar surface area (TPSA) is 27.7 Å². The zero-order valence-corrected chi connectivity index (χ0v) is 13.4. The van der Waals surface area contributed by atoms with Crippen LogP contribution in [-0.2, 0) is 13.9 Å². The molecule has 1 heterocycles. The second kappa shape index (κ2) is 6.18. The van der Waals surface area contributed by atoms with Crippen LogP contribution in [0.1, 0.15) is 31.9 Å². The molecule has 1 fully saturated rings. The predicted molar refractivity (Wildman–Crippen MR) is 78.7 cm³/mol. The Morgan fingerprint density at radius 2 is 1.84 bits per heavy atom. The molecule has 1 aromatic rings. The van der Waals surface area contributed by atoms with Crippen LogP contribution in [0.2, 0.25) is 13.1 Å². The standard InChI is InChI=1S/C15H24O3Si/c1-15(2)17-13(10-11-16-19(3)4)14(18-15)12-8-6-5-7-9-12/h5-9,13-14,19H,10-11H2,1-4H3/t13-,14-/m0/s1. The maximum absolute atomic E-state index is 6.04. The lowest BCUT2D eigenvalue weighted by Crippen LogP contribution is -2.23. The molecule has 0 unspecified atom stereocenters. The van der Waals surface area contributed by atoms with Gasteiger partial charge in [0, 0.05) is 6.61 Å². The molecule has 0 spiro atoms. The van der Waals surface area contributed by atoms with Crippen LogP contribution in [-0.4, -0.2) is 27.5 Å². The van der Waals surface area contributed by atoms with Gasteiger partial charge in [-0.05, 0) is 38.9 Å². The Hall–Kier alpha value is -0.683. The van der Waals surface area contributed by atoms with Crippen molar-refractivity contribution in [2.24, 2.45) is 0 Å². The van der Waals surface area contributed by atoms with E-state index in [-0.39, 0.29) is 12.2 Å². The Kier molecular flexibility index (Phi) is 4.79. The van der Waals surface area contributed by atoms with Crippen molar-refractivity contribution < 1.29 is 13.9 Å². The van der Waals surface area contributed by atoms with Gasteiger partial charge in [-0.25, -0.2) is 0 Å². The molecule has 0 N–H and O–H groups in total. The SMILES string of the molecule is C[SiH](C)OCC[C@@H]1OC(C)(C)O[C@H]1c1ccccc1. The van der Waals surface area contributed by atoms with Crippen LogP contribution in [0.4, 0.5) is 0 Å². The maximum atomic E-state index is 6.04. The van der Waals surface area contributed by atoms with E-state index in [1.165, 1.54) is 5.56 Å². The van der Waals surface area contributed by atoms with E-state index in [1.54, 1.807) is 0 Å². The summed E-state index contributed by atoms with van der Waals surface area (Å²) >= 11 is 0. The van der Waals surface area contributed by atoms with Crippen LogP contribution < -0.4 is 0 Å². The average Bonchev–Trinajstić information content (AvgIpc) is 2.65. The van der Waals surface area contributed by atoms with E-state index < -0.39 is 14.8 Å². The second-order valence-electron chi connectivity index (χ2n) is 5.71. The van der Waals surface area contributed by atoms with Crippen molar-refractivity contribution in [3.05, 3.63) is 35.9 Å². The molecule has 1 aliphatic rings. The van der Waals surface area contributed by atoms with Gasteiger partial charge in [0.25, 0.3) is 0 Å². The predicted octanol–water partition coefficient (Wildman–Crippen LogP) is 3.27. The van der Waals surface area contributed by atoms with E-state index >= 15 is 0 Å². The second-order valence-corrected chi connectivity index (χ2v) is 8.14. The molecule has 19 heavy (non-hydrogen) atoms. The van der Waals surface area contributed by atoms with E-state index in [0.717, 1.165) is 13.0 Å². The molecular formula is C15H24O3Si. The molecule has 4 heteroatoms. The highest BCUT2D eigenvalue weighted by Gasteiger charge is 2.41. The first kappa shape index (κ1) is 14.7. The third-order valence-electron chi connectivity index (χ3n) is 3.17. The number of rotatable bonds is 5. The summed E-state index contributed by atoms with van der Waals surface area (Å²) in [6.07, 6.45) is 0.965. The molecule has 0 amide bonds. The summed E-state index contributed by atoms with van der Waals surface area (Å²) in [5.41, 5.74) is 1.18. The van der Waals surface area contributed by atoms with Gasteiger partial charge in [-0.1, -0.05) is 30.3 Å². The summed E-state index contributed by atoms with van der Waals surface area (Å²) in [4.78, 5) is 0. The van der Waals surface area contributed by atoms with Gasteiger partial charge in [0.05, 0.1) is 6.10 Å². The Balaban J connectivity index is 2.02. The summed E-state index contributed by atoms with van der Waals surface area (Å²) in [6.45, 7) is 9.08. The zero-order valence-electron chi connectivity index (χ0n) is 12.3. The van der Waals surface area contributed by atoms with Crippen LogP contribution in [0, 0.1) is 0 Å². The van der Waals surface area contributed by atoms with Gasteiger partial charge in [0.1, 0.15) is 6.10 Å². The van der Waals surface area contributed by atoms with Crippen molar-refractivity contribution in [1.29, 1.82) is 0 Å². The summed E-state index contributed by atoms with van der Waals surface area (Å²) in [5, 5.41) is 0. The van der Waals surface area contributed by atoms with Gasteiger partial charge in [0.15, 0.2) is 14.8 Å². The third kappa shape index (κ3) is 4.14. The van der Waals surface area contributed by atoms with Crippen LogP contribution in [0.25, 0.3) is 0 Å². The Bertz CT molecular complexity index is 392. The molecule has 2 atom stereocenters. The van der Waals surface area contributed by atoms with E-state index in [1.807, 2.05) is 32.0 Å². The van der Waals surface area contributed by atoms with Gasteiger partial charge in [-0.2, -0.15) is 0 Å². The first-order valence-corrected chi connectivity index (χ1v) is 9.78. The molecule has 2 rings (SSSR count). The van der Waals surface area contributed by atoms with Crippen LogP contribution in [0.5, 0.6) is 0 Å². The minimum Gasteiger partial charge on any atom is -0.420 e. The number of benzene rings is 1. The molecule has 3 nitrogen and oxygen atoms in total. The number of hydrogen-bond donors (Lipinski definition) is 0. The van der Waals surface area contributed by atoms with Crippen LogP contribution in [0.3, 0.4) is 0 Å². The smallest absolute Gasteiger partial charge is 0.170 e. The van der Waals surface area contributed by atoms with Gasteiger partial charge < -0.3 is 13.9 Å². The maximum Gasteiger partial charge on any atom is 0.170 e. The minimum atomic E-state index is -0.955. The molecule has 1 saturated heterocycles. The minimum absolute atomic E-state index is 0.00799. The van der Waals surface area contributed by atoms with Crippen molar-refractivity contribution in [2.45, 2.75) is 51.4 Å². The van der Waals surface area contributed by atoms with Gasteiger partial charge in [-0.3, -0.25) is 0 Å². The quantitative estimate of drug-likeness (QED) is 0.775. The van der Waals surface area contributed by atoms with Gasteiger partial charge >= 0.3 is 0 Å². The molecule has 0 radical (unpaired) electrons. The van der Waals surface area contributed by atoms with Crippen LogP contribution >= 0.6 is 0 Å². The molecule has 1 aliphatic heterocycles. The Morgan fingerprint density at radius 3 is 2.47 bits per heavy atom. The normalized spacial score (nSPS) is 25.9. The highest BCUT2D eigenvalue weighted by Crippen LogP contribution is 2.39. The first-order chi connectivity index (χ1) is 8.98. The summed E-state index contributed by atoms with van der Waals surface area (Å²) in [5.74, 6) is -0.513. The average molecular weight is 280 g/mol. The molecule has 106 valence electrons. The van der Waals surface area contributed by atoms with Crippen molar-refractivity contribution >= 4 is 9.04 Å². The van der Waals surface area contributed by atoms with Gasteiger partial charge in [-0.15, -0.1) is 0 Å². The van der Waals surface area contributed by atoms with E-state index in [2.05, 4.69) is 25.2 Å². The van der Waals surface area contributed by atoms with E-state index in [4.69, 9.17) is 13.9 Å². The number of hydrogen-bond acceptors (Lipinski definition) is 3. The number of ether oxygens (including phenoxy) is 2. The van der Waals surface area contributed by atoms with Gasteiger partial charge in [0.2, 0.25) is 0 Å². The van der Waals surface area contributed by atoms with E-state index in [0.29, 0.717) is 0 Å². The van der Waals surface area contributed by atoms with E-state index in [9.17, 15) is 0 Å². The molecule has 0 bridgehead atoms. The highest BCUT2D eigenvalue weighted by molar-refractivity contribution is 6.48. The summed E-state index contributed by atoms with van der Waals surface area (Å²) in [7, 11) is -0.955. The zero-order chi connectivity index (χ0) is 13.9. The summed E-state index contributed by atoms with van der Waals surface area (Å²) in [6, 6.07) is 10.3. The van der Waals surface area contributed by atoms with Crippen LogP contribution in [0.15, 0.2) is 30.3 Å². The lowest BCUT2D eigenvalue weighted by molar-refractivity contribution is -0.147. The molecule has 0 saturated carbocycles. The molecular weight excluding hydrogens is 256 g/mol. The fourth-order valence-corrected chi connectivity index (χ4v) is 3.00. The lowest BCUT2D eigenvalue weighted by Gasteiger charge is -2.17. The molecule has 0 aliphatic carbocycles. The lowest BCUT2D eigenvalue weighted by atomic mass is 10.0. The van der Waals surface area contributed by atoms with Crippen molar-refractivity contribution in [3.8, 4) is 0 Å². The van der Waals surface area contributed by atoms with Crippen molar-refractivity contribution in [1.82, 2.24) is 0 Å². The fraction of sp³-hybridized carbons (Fsp3) is 0.600. The van der Waals surface area contributed by atoms with Crippen molar-refractivity contribution in [3.63, 3.8) is 0 Å². The highest BCUT2D eigenvalue weighted by atomic mass is 28.3.